The van der Waals surface area contributed by atoms with Gasteiger partial charge in [0.05, 0.1) is 13.1 Å². The molecule has 6 heteroatoms. The maximum atomic E-state index is 13.9. The number of benzene rings is 2. The highest BCUT2D eigenvalue weighted by Gasteiger charge is 2.29. The van der Waals surface area contributed by atoms with Gasteiger partial charge in [0, 0.05) is 42.0 Å². The molecule has 1 aromatic heterocycles. The number of carbonyl (C=O) groups is 2. The molecule has 0 unspecified atom stereocenters. The van der Waals surface area contributed by atoms with Crippen LogP contribution >= 0.6 is 11.6 Å². The van der Waals surface area contributed by atoms with Gasteiger partial charge in [-0.15, -0.1) is 0 Å². The predicted molar refractivity (Wildman–Crippen MR) is 154 cm³/mol. The smallest absolute Gasteiger partial charge is 0.242 e. The molecule has 1 saturated carbocycles. The Bertz CT molecular complexity index is 1180. The van der Waals surface area contributed by atoms with Gasteiger partial charge in [0.15, 0.2) is 0 Å². The van der Waals surface area contributed by atoms with Crippen LogP contribution in [0.15, 0.2) is 72.9 Å². The SMILES string of the molecule is CC(C)N(CC(=O)N(Cc1cccn1Cc1ccccc1Cl)C1CCCCC1)C(=O)CCc1ccccc1. The Kier molecular flexibility index (Phi) is 10.1. The number of hydrogen-bond donors (Lipinski definition) is 0. The number of hydrogen-bond acceptors (Lipinski definition) is 2. The second kappa shape index (κ2) is 13.7. The van der Waals surface area contributed by atoms with Crippen LogP contribution in [0.3, 0.4) is 0 Å². The van der Waals surface area contributed by atoms with Crippen LogP contribution in [0.25, 0.3) is 0 Å². The van der Waals surface area contributed by atoms with Gasteiger partial charge in [-0.1, -0.05) is 79.4 Å². The van der Waals surface area contributed by atoms with E-state index in [9.17, 15) is 9.59 Å². The fourth-order valence-corrected chi connectivity index (χ4v) is 5.58. The minimum atomic E-state index is -0.0421. The number of nitrogens with zero attached hydrogens (tertiary/aromatic N) is 3. The molecule has 0 aliphatic heterocycles. The second-order valence-electron chi connectivity index (χ2n) is 10.6. The molecular weight excluding hydrogens is 494 g/mol. The maximum Gasteiger partial charge on any atom is 0.242 e. The third kappa shape index (κ3) is 7.50. The molecule has 2 aromatic carbocycles. The Morgan fingerprint density at radius 3 is 2.34 bits per heavy atom. The summed E-state index contributed by atoms with van der Waals surface area (Å²) in [6, 6.07) is 22.2. The van der Waals surface area contributed by atoms with Crippen molar-refractivity contribution in [2.45, 2.75) is 84.0 Å². The first-order valence-electron chi connectivity index (χ1n) is 13.9. The molecule has 2 amide bonds. The summed E-state index contributed by atoms with van der Waals surface area (Å²) in [5.41, 5.74) is 3.27. The largest absolute Gasteiger partial charge is 0.345 e. The molecule has 1 heterocycles. The Hall–Kier alpha value is -3.05. The van der Waals surface area contributed by atoms with E-state index in [2.05, 4.69) is 16.8 Å². The van der Waals surface area contributed by atoms with Gasteiger partial charge < -0.3 is 14.4 Å². The lowest BCUT2D eigenvalue weighted by atomic mass is 9.94. The van der Waals surface area contributed by atoms with Crippen LogP contribution in [0.5, 0.6) is 0 Å². The monoisotopic (exact) mass is 533 g/mol. The quantitative estimate of drug-likeness (QED) is 0.274. The third-order valence-electron chi connectivity index (χ3n) is 7.61. The molecule has 0 saturated heterocycles. The Morgan fingerprint density at radius 2 is 1.63 bits per heavy atom. The molecule has 0 bridgehead atoms. The van der Waals surface area contributed by atoms with Gasteiger partial charge in [0.25, 0.3) is 0 Å². The van der Waals surface area contributed by atoms with Crippen LogP contribution < -0.4 is 0 Å². The number of amides is 2. The molecule has 38 heavy (non-hydrogen) atoms. The molecule has 5 nitrogen and oxygen atoms in total. The zero-order chi connectivity index (χ0) is 26.9. The average Bonchev–Trinajstić information content (AvgIpc) is 3.37. The zero-order valence-electron chi connectivity index (χ0n) is 22.7. The molecule has 0 atom stereocenters. The number of halogens is 1. The Balaban J connectivity index is 1.48. The maximum absolute atomic E-state index is 13.9. The van der Waals surface area contributed by atoms with Crippen LogP contribution in [0.4, 0.5) is 0 Å². The van der Waals surface area contributed by atoms with Gasteiger partial charge in [-0.05, 0) is 62.4 Å². The van der Waals surface area contributed by atoms with E-state index in [4.69, 9.17) is 11.6 Å². The number of aryl methyl sites for hydroxylation is 1. The van der Waals surface area contributed by atoms with E-state index < -0.39 is 0 Å². The van der Waals surface area contributed by atoms with E-state index in [0.717, 1.165) is 47.5 Å². The van der Waals surface area contributed by atoms with Crippen molar-refractivity contribution in [3.05, 3.63) is 94.8 Å². The summed E-state index contributed by atoms with van der Waals surface area (Å²) in [5, 5.41) is 0.744. The molecule has 202 valence electrons. The molecule has 1 fully saturated rings. The summed E-state index contributed by atoms with van der Waals surface area (Å²) < 4.78 is 2.18. The van der Waals surface area contributed by atoms with E-state index in [1.54, 1.807) is 4.90 Å². The van der Waals surface area contributed by atoms with E-state index in [1.807, 2.05) is 79.4 Å². The summed E-state index contributed by atoms with van der Waals surface area (Å²) in [5.74, 6) is 0.0621. The topological polar surface area (TPSA) is 45.6 Å². The fourth-order valence-electron chi connectivity index (χ4n) is 5.38. The third-order valence-corrected chi connectivity index (χ3v) is 7.98. The summed E-state index contributed by atoms with van der Waals surface area (Å²) >= 11 is 6.44. The van der Waals surface area contributed by atoms with Gasteiger partial charge in [-0.2, -0.15) is 0 Å². The standard InChI is InChI=1S/C32H40ClN3O2/c1-25(2)35(31(37)20-19-26-12-5-3-6-13-26)24-32(38)36(28-15-7-4-8-16-28)23-29-17-11-21-34(29)22-27-14-9-10-18-30(27)33/h3,5-6,9-14,17-18,21,25,28H,4,7-8,15-16,19-20,22-24H2,1-2H3. The van der Waals surface area contributed by atoms with Crippen LogP contribution in [-0.4, -0.2) is 44.8 Å². The molecule has 1 aliphatic rings. The van der Waals surface area contributed by atoms with Gasteiger partial charge in [0.2, 0.25) is 11.8 Å². The van der Waals surface area contributed by atoms with Crippen molar-refractivity contribution in [3.8, 4) is 0 Å². The highest BCUT2D eigenvalue weighted by molar-refractivity contribution is 6.31. The first-order valence-corrected chi connectivity index (χ1v) is 14.3. The second-order valence-corrected chi connectivity index (χ2v) is 11.0. The van der Waals surface area contributed by atoms with Gasteiger partial charge in [0.1, 0.15) is 0 Å². The molecule has 3 aromatic rings. The zero-order valence-corrected chi connectivity index (χ0v) is 23.4. The van der Waals surface area contributed by atoms with Crippen LogP contribution in [-0.2, 0) is 29.1 Å². The van der Waals surface area contributed by atoms with Crippen molar-refractivity contribution < 1.29 is 9.59 Å². The van der Waals surface area contributed by atoms with E-state index in [1.165, 1.54) is 6.42 Å². The normalized spacial score (nSPS) is 14.0. The van der Waals surface area contributed by atoms with Crippen molar-refractivity contribution in [1.82, 2.24) is 14.4 Å². The van der Waals surface area contributed by atoms with E-state index >= 15 is 0 Å². The predicted octanol–water partition coefficient (Wildman–Crippen LogP) is 6.72. The highest BCUT2D eigenvalue weighted by atomic mass is 35.5. The van der Waals surface area contributed by atoms with E-state index in [-0.39, 0.29) is 30.4 Å². The van der Waals surface area contributed by atoms with Crippen LogP contribution in [0, 0.1) is 0 Å². The first kappa shape index (κ1) is 28.0. The Morgan fingerprint density at radius 1 is 0.921 bits per heavy atom. The van der Waals surface area contributed by atoms with Crippen LogP contribution in [0.1, 0.15) is 69.2 Å². The van der Waals surface area contributed by atoms with Crippen molar-refractivity contribution in [1.29, 1.82) is 0 Å². The molecule has 0 radical (unpaired) electrons. The number of rotatable bonds is 11. The van der Waals surface area contributed by atoms with E-state index in [0.29, 0.717) is 25.9 Å². The minimum absolute atomic E-state index is 0.0305. The highest BCUT2D eigenvalue weighted by Crippen LogP contribution is 2.26. The van der Waals surface area contributed by atoms with Crippen molar-refractivity contribution in [2.75, 3.05) is 6.54 Å². The van der Waals surface area contributed by atoms with Gasteiger partial charge in [-0.3, -0.25) is 9.59 Å². The van der Waals surface area contributed by atoms with Crippen molar-refractivity contribution >= 4 is 23.4 Å². The molecule has 0 spiro atoms. The average molecular weight is 534 g/mol. The van der Waals surface area contributed by atoms with Gasteiger partial charge >= 0.3 is 0 Å². The molecule has 0 N–H and O–H groups in total. The molecular formula is C32H40ClN3O2. The number of carbonyl (C=O) groups excluding carboxylic acids is 2. The lowest BCUT2D eigenvalue weighted by molar-refractivity contribution is -0.144. The minimum Gasteiger partial charge on any atom is -0.345 e. The summed E-state index contributed by atoms with van der Waals surface area (Å²) in [7, 11) is 0. The fraction of sp³-hybridized carbons (Fsp3) is 0.438. The molecule has 1 aliphatic carbocycles. The van der Waals surface area contributed by atoms with Crippen molar-refractivity contribution in [2.24, 2.45) is 0 Å². The van der Waals surface area contributed by atoms with Crippen molar-refractivity contribution in [3.63, 3.8) is 0 Å². The van der Waals surface area contributed by atoms with Gasteiger partial charge in [-0.25, -0.2) is 0 Å². The first-order chi connectivity index (χ1) is 18.4. The number of aromatic nitrogens is 1. The molecule has 4 rings (SSSR count). The lowest BCUT2D eigenvalue weighted by Crippen LogP contribution is -2.49. The summed E-state index contributed by atoms with van der Waals surface area (Å²) in [6.45, 7) is 5.30. The Labute approximate surface area is 232 Å². The lowest BCUT2D eigenvalue weighted by Gasteiger charge is -2.37. The van der Waals surface area contributed by atoms with Crippen LogP contribution in [0.2, 0.25) is 5.02 Å². The summed E-state index contributed by atoms with van der Waals surface area (Å²) in [4.78, 5) is 30.9. The summed E-state index contributed by atoms with van der Waals surface area (Å²) in [6.07, 6.45) is 8.66.